The van der Waals surface area contributed by atoms with Crippen molar-refractivity contribution in [2.24, 2.45) is 5.92 Å². The van der Waals surface area contributed by atoms with E-state index >= 15 is 0 Å². The van der Waals surface area contributed by atoms with Gasteiger partial charge in [-0.25, -0.2) is 0 Å². The summed E-state index contributed by atoms with van der Waals surface area (Å²) in [4.78, 5) is 25.7. The summed E-state index contributed by atoms with van der Waals surface area (Å²) in [6, 6.07) is 2.12. The van der Waals surface area contributed by atoms with Crippen LogP contribution in [0.4, 0.5) is 0 Å². The number of hydrogen-bond donors (Lipinski definition) is 2. The van der Waals surface area contributed by atoms with Gasteiger partial charge in [0.05, 0.1) is 19.1 Å². The number of aryl methyl sites for hydroxylation is 3. The molecule has 1 aromatic heterocycles. The molecule has 1 aliphatic heterocycles. The highest BCUT2D eigenvalue weighted by Gasteiger charge is 2.25. The lowest BCUT2D eigenvalue weighted by atomic mass is 9.98. The maximum atomic E-state index is 12.9. The second-order valence-corrected chi connectivity index (χ2v) is 7.28. The first-order valence-electron chi connectivity index (χ1n) is 9.04. The molecule has 0 radical (unpaired) electrons. The lowest BCUT2D eigenvalue weighted by Crippen LogP contribution is -2.37. The molecule has 26 heavy (non-hydrogen) atoms. The zero-order valence-electron chi connectivity index (χ0n) is 15.6. The molecule has 1 amide bonds. The van der Waals surface area contributed by atoms with E-state index in [1.807, 2.05) is 13.8 Å². The molecule has 3 rings (SSSR count). The van der Waals surface area contributed by atoms with E-state index < -0.39 is 5.97 Å². The topological polar surface area (TPSA) is 82.8 Å². The Morgan fingerprint density at radius 2 is 2.08 bits per heavy atom. The maximum absolute atomic E-state index is 12.9. The van der Waals surface area contributed by atoms with Gasteiger partial charge in [-0.2, -0.15) is 0 Å². The number of rotatable bonds is 4. The van der Waals surface area contributed by atoms with Crippen LogP contribution in [0, 0.1) is 26.7 Å². The smallest absolute Gasteiger partial charge is 0.303 e. The van der Waals surface area contributed by atoms with E-state index in [0.717, 1.165) is 27.7 Å². The van der Waals surface area contributed by atoms with Crippen LogP contribution in [0.15, 0.2) is 16.7 Å². The average Bonchev–Trinajstić information content (AvgIpc) is 2.84. The number of carboxylic acid groups (broad SMARTS) is 1. The maximum Gasteiger partial charge on any atom is 0.303 e. The second kappa shape index (κ2) is 7.50. The highest BCUT2D eigenvalue weighted by Crippen LogP contribution is 2.30. The number of carbonyl (C=O) groups excluding carboxylic acids is 1. The Balaban J connectivity index is 1.80. The van der Waals surface area contributed by atoms with Crippen LogP contribution >= 0.6 is 0 Å². The van der Waals surface area contributed by atoms with E-state index in [0.29, 0.717) is 26.2 Å². The molecule has 1 unspecified atom stereocenters. The molecule has 0 saturated carbocycles. The number of fused-ring (bicyclic) bond motifs is 1. The highest BCUT2D eigenvalue weighted by molar-refractivity contribution is 5.92. The monoisotopic (exact) mass is 358 g/mol. The Kier molecular flexibility index (Phi) is 5.32. The average molecular weight is 358 g/mol. The fraction of sp³-hybridized carbons (Fsp3) is 0.500. The highest BCUT2D eigenvalue weighted by atomic mass is 16.4. The molecular formula is C20H26N2O4. The van der Waals surface area contributed by atoms with Crippen molar-refractivity contribution in [2.45, 2.75) is 33.6 Å². The Bertz CT molecular complexity index is 840. The standard InChI is InChI=1S/C20H26N2O4/c1-12-6-13(2)19-16(11-26-20(19)14(12)3)8-17(23)22-5-4-21-9-15(10-22)7-18(24)25/h6,11,15,21H,4-5,7-10H2,1-3H3,(H,24,25). The number of aliphatic carboxylic acids is 1. The molecular weight excluding hydrogens is 332 g/mol. The zero-order chi connectivity index (χ0) is 18.8. The van der Waals surface area contributed by atoms with Crippen molar-refractivity contribution >= 4 is 22.8 Å². The van der Waals surface area contributed by atoms with E-state index in [9.17, 15) is 9.59 Å². The fourth-order valence-electron chi connectivity index (χ4n) is 3.79. The van der Waals surface area contributed by atoms with E-state index in [2.05, 4.69) is 18.3 Å². The first kappa shape index (κ1) is 18.5. The van der Waals surface area contributed by atoms with Gasteiger partial charge in [-0.15, -0.1) is 0 Å². The number of hydrogen-bond acceptors (Lipinski definition) is 4. The molecule has 2 N–H and O–H groups in total. The minimum absolute atomic E-state index is 0.0180. The zero-order valence-corrected chi connectivity index (χ0v) is 15.6. The quantitative estimate of drug-likeness (QED) is 0.877. The van der Waals surface area contributed by atoms with Crippen molar-refractivity contribution in [3.63, 3.8) is 0 Å². The molecule has 1 saturated heterocycles. The molecule has 6 nitrogen and oxygen atoms in total. The first-order valence-corrected chi connectivity index (χ1v) is 9.04. The van der Waals surface area contributed by atoms with Gasteiger partial charge in [0.2, 0.25) is 5.91 Å². The van der Waals surface area contributed by atoms with Crippen LogP contribution in [0.25, 0.3) is 11.0 Å². The van der Waals surface area contributed by atoms with Gasteiger partial charge in [0.15, 0.2) is 0 Å². The minimum Gasteiger partial charge on any atom is -0.481 e. The minimum atomic E-state index is -0.826. The Labute approximate surface area is 153 Å². The number of carbonyl (C=O) groups is 2. The van der Waals surface area contributed by atoms with Crippen LogP contribution in [-0.2, 0) is 16.0 Å². The van der Waals surface area contributed by atoms with Crippen LogP contribution in [0.2, 0.25) is 0 Å². The lowest BCUT2D eigenvalue weighted by molar-refractivity contribution is -0.139. The predicted octanol–water partition coefficient (Wildman–Crippen LogP) is 2.42. The van der Waals surface area contributed by atoms with Crippen LogP contribution in [-0.4, -0.2) is 48.1 Å². The number of nitrogens with one attached hydrogen (secondary N) is 1. The number of benzene rings is 1. The van der Waals surface area contributed by atoms with Crippen LogP contribution in [0.3, 0.4) is 0 Å². The molecule has 2 aromatic rings. The second-order valence-electron chi connectivity index (χ2n) is 7.28. The molecule has 1 fully saturated rings. The number of furan rings is 1. The van der Waals surface area contributed by atoms with Gasteiger partial charge in [-0.3, -0.25) is 9.59 Å². The summed E-state index contributed by atoms with van der Waals surface area (Å²) in [5, 5.41) is 13.3. The van der Waals surface area contributed by atoms with Crippen LogP contribution in [0.5, 0.6) is 0 Å². The fourth-order valence-corrected chi connectivity index (χ4v) is 3.79. The molecule has 1 aromatic carbocycles. The molecule has 1 aliphatic rings. The van der Waals surface area contributed by atoms with Gasteiger partial charge in [0, 0.05) is 37.1 Å². The summed E-state index contributed by atoms with van der Waals surface area (Å²) in [6.07, 6.45) is 2.03. The van der Waals surface area contributed by atoms with Crippen molar-refractivity contribution in [2.75, 3.05) is 26.2 Å². The van der Waals surface area contributed by atoms with Gasteiger partial charge in [0.1, 0.15) is 5.58 Å². The van der Waals surface area contributed by atoms with E-state index in [-0.39, 0.29) is 24.7 Å². The summed E-state index contributed by atoms with van der Waals surface area (Å²) < 4.78 is 5.77. The van der Waals surface area contributed by atoms with Gasteiger partial charge >= 0.3 is 5.97 Å². The van der Waals surface area contributed by atoms with Crippen molar-refractivity contribution in [1.82, 2.24) is 10.2 Å². The van der Waals surface area contributed by atoms with E-state index in [1.165, 1.54) is 5.56 Å². The Morgan fingerprint density at radius 1 is 1.31 bits per heavy atom. The van der Waals surface area contributed by atoms with E-state index in [4.69, 9.17) is 9.52 Å². The number of nitrogens with zero attached hydrogens (tertiary/aromatic N) is 1. The van der Waals surface area contributed by atoms with Gasteiger partial charge in [-0.05, 0) is 43.4 Å². The van der Waals surface area contributed by atoms with Crippen molar-refractivity contribution in [3.05, 3.63) is 34.6 Å². The van der Waals surface area contributed by atoms with Gasteiger partial charge in [0.25, 0.3) is 0 Å². The summed E-state index contributed by atoms with van der Waals surface area (Å²) in [5.74, 6) is -0.871. The SMILES string of the molecule is Cc1cc(C)c2c(CC(=O)N3CCNCC(CC(=O)O)C3)coc2c1C. The van der Waals surface area contributed by atoms with E-state index in [1.54, 1.807) is 11.2 Å². The predicted molar refractivity (Wildman–Crippen MR) is 99.3 cm³/mol. The molecule has 0 bridgehead atoms. The molecule has 1 atom stereocenters. The summed E-state index contributed by atoms with van der Waals surface area (Å²) in [5.41, 5.74) is 5.15. The molecule has 0 aliphatic carbocycles. The molecule has 2 heterocycles. The number of amides is 1. The Morgan fingerprint density at radius 3 is 2.81 bits per heavy atom. The number of carboxylic acids is 1. The molecule has 6 heteroatoms. The Hall–Kier alpha value is -2.34. The van der Waals surface area contributed by atoms with Crippen molar-refractivity contribution < 1.29 is 19.1 Å². The third-order valence-corrected chi connectivity index (χ3v) is 5.25. The van der Waals surface area contributed by atoms with Gasteiger partial charge < -0.3 is 19.7 Å². The van der Waals surface area contributed by atoms with Crippen LogP contribution in [0.1, 0.15) is 28.7 Å². The third-order valence-electron chi connectivity index (χ3n) is 5.25. The summed E-state index contributed by atoms with van der Waals surface area (Å²) in [6.45, 7) is 8.52. The first-order chi connectivity index (χ1) is 12.4. The largest absolute Gasteiger partial charge is 0.481 e. The molecule has 140 valence electrons. The van der Waals surface area contributed by atoms with Crippen molar-refractivity contribution in [1.29, 1.82) is 0 Å². The summed E-state index contributed by atoms with van der Waals surface area (Å²) >= 11 is 0. The third kappa shape index (κ3) is 3.75. The lowest BCUT2D eigenvalue weighted by Gasteiger charge is -2.23. The molecule has 0 spiro atoms. The van der Waals surface area contributed by atoms with Crippen molar-refractivity contribution in [3.8, 4) is 0 Å². The summed E-state index contributed by atoms with van der Waals surface area (Å²) in [7, 11) is 0. The van der Waals surface area contributed by atoms with Crippen LogP contribution < -0.4 is 5.32 Å². The van der Waals surface area contributed by atoms with Gasteiger partial charge in [-0.1, -0.05) is 6.07 Å². The normalized spacial score (nSPS) is 18.1.